The molecule has 0 aromatic heterocycles. The summed E-state index contributed by atoms with van der Waals surface area (Å²) in [6.45, 7) is 7.22. The molecule has 2 heterocycles. The fraction of sp³-hybridized carbons (Fsp3) is 0.381. The van der Waals surface area contributed by atoms with Crippen molar-refractivity contribution in [2.24, 2.45) is 11.3 Å². The van der Waals surface area contributed by atoms with E-state index in [9.17, 15) is 24.0 Å². The summed E-state index contributed by atoms with van der Waals surface area (Å²) in [6, 6.07) is 7.65. The molecule has 7 amide bonds. The van der Waals surface area contributed by atoms with Crippen molar-refractivity contribution in [2.45, 2.75) is 26.3 Å². The van der Waals surface area contributed by atoms with Gasteiger partial charge >= 0.3 is 12.1 Å². The number of rotatable bonds is 4. The molecule has 2 aliphatic heterocycles. The van der Waals surface area contributed by atoms with Gasteiger partial charge in [-0.1, -0.05) is 66.7 Å². The molecule has 10 heteroatoms. The summed E-state index contributed by atoms with van der Waals surface area (Å²) in [5.74, 6) is -1.48. The van der Waals surface area contributed by atoms with E-state index in [2.05, 4.69) is 33.1 Å². The van der Waals surface area contributed by atoms with Crippen LogP contribution in [0.1, 0.15) is 31.9 Å². The van der Waals surface area contributed by atoms with Gasteiger partial charge in [-0.2, -0.15) is 0 Å². The highest BCUT2D eigenvalue weighted by molar-refractivity contribution is 9.11. The Kier molecular flexibility index (Phi) is 7.37. The quantitative estimate of drug-likeness (QED) is 0.494. The fourth-order valence-electron chi connectivity index (χ4n) is 3.40. The largest absolute Gasteiger partial charge is 0.330 e. The van der Waals surface area contributed by atoms with Crippen LogP contribution in [0, 0.1) is 11.3 Å². The molecular formula is C21H25BrN4O5. The minimum absolute atomic E-state index is 0.174. The molecule has 2 aliphatic rings. The van der Waals surface area contributed by atoms with Gasteiger partial charge in [0.05, 0.1) is 0 Å². The number of amides is 7. The normalized spacial score (nSPS) is 23.4. The molecule has 2 unspecified atom stereocenters. The molecule has 0 spiro atoms. The fourth-order valence-corrected chi connectivity index (χ4v) is 3.84. The molecule has 0 saturated carbocycles. The van der Waals surface area contributed by atoms with Crippen molar-refractivity contribution in [3.63, 3.8) is 0 Å². The first kappa shape index (κ1) is 24.3. The predicted octanol–water partition coefficient (Wildman–Crippen LogP) is 2.55. The lowest BCUT2D eigenvalue weighted by Gasteiger charge is -2.40. The van der Waals surface area contributed by atoms with Gasteiger partial charge in [0.15, 0.2) is 0 Å². The second-order valence-corrected chi connectivity index (χ2v) is 8.76. The van der Waals surface area contributed by atoms with Gasteiger partial charge in [0.2, 0.25) is 11.8 Å². The van der Waals surface area contributed by atoms with Crippen molar-refractivity contribution in [2.75, 3.05) is 14.1 Å². The second-order valence-electron chi connectivity index (χ2n) is 7.63. The number of likely N-dealkylation sites (N-methyl/N-ethyl adjacent to an activating group) is 1. The maximum absolute atomic E-state index is 12.2. The summed E-state index contributed by atoms with van der Waals surface area (Å²) >= 11 is 3.17. The molecule has 1 aromatic carbocycles. The average molecular weight is 493 g/mol. The average Bonchev–Trinajstić information content (AvgIpc) is 2.97. The number of carbonyl (C=O) groups excluding carboxylic acids is 5. The highest BCUT2D eigenvalue weighted by Crippen LogP contribution is 2.39. The Bertz CT molecular complexity index is 933. The maximum atomic E-state index is 12.2. The molecule has 1 aromatic rings. The van der Waals surface area contributed by atoms with Crippen LogP contribution in [0.4, 0.5) is 9.59 Å². The predicted molar refractivity (Wildman–Crippen MR) is 117 cm³/mol. The Morgan fingerprint density at radius 3 is 2.10 bits per heavy atom. The summed E-state index contributed by atoms with van der Waals surface area (Å²) in [5, 5.41) is 4.81. The lowest BCUT2D eigenvalue weighted by atomic mass is 9.71. The third-order valence-corrected chi connectivity index (χ3v) is 5.64. The zero-order valence-electron chi connectivity index (χ0n) is 17.8. The first-order valence-electron chi connectivity index (χ1n) is 9.53. The topological polar surface area (TPSA) is 116 Å². The summed E-state index contributed by atoms with van der Waals surface area (Å²) in [7, 11) is 2.83. The lowest BCUT2D eigenvalue weighted by molar-refractivity contribution is -0.153. The van der Waals surface area contributed by atoms with E-state index in [1.807, 2.05) is 30.3 Å². The molecule has 9 nitrogen and oxygen atoms in total. The number of allylic oxidation sites excluding steroid dienone is 1. The zero-order valence-corrected chi connectivity index (χ0v) is 19.4. The van der Waals surface area contributed by atoms with Gasteiger partial charge in [0.25, 0.3) is 5.91 Å². The van der Waals surface area contributed by atoms with E-state index in [1.54, 1.807) is 13.8 Å². The van der Waals surface area contributed by atoms with E-state index in [1.165, 1.54) is 14.1 Å². The highest BCUT2D eigenvalue weighted by atomic mass is 79.9. The molecule has 2 N–H and O–H groups in total. The van der Waals surface area contributed by atoms with Crippen LogP contribution in [0.3, 0.4) is 0 Å². The Morgan fingerprint density at radius 2 is 1.65 bits per heavy atom. The summed E-state index contributed by atoms with van der Waals surface area (Å²) in [6.07, 6.45) is 0.174. The minimum atomic E-state index is -1.26. The standard InChI is InChI=1S/C11H15BrN2O3.C10H10N2O2/c1-6(2)11(5-7(3)12)8(15)13-10(17)14(4)9(11)16;1-12-9(13)8(11-10(12)14)7-5-3-2-4-6-7/h6H,3,5H2,1-2,4H3,(H,13,15,17);2-6,8H,1H3,(H,11,14). The van der Waals surface area contributed by atoms with Crippen molar-refractivity contribution in [1.29, 1.82) is 0 Å². The van der Waals surface area contributed by atoms with Crippen molar-refractivity contribution in [1.82, 2.24) is 20.4 Å². The van der Waals surface area contributed by atoms with E-state index >= 15 is 0 Å². The van der Waals surface area contributed by atoms with Gasteiger partial charge in [-0.3, -0.25) is 29.5 Å². The third kappa shape index (κ3) is 4.68. The molecule has 31 heavy (non-hydrogen) atoms. The summed E-state index contributed by atoms with van der Waals surface area (Å²) in [5.41, 5.74) is -0.446. The molecule has 0 radical (unpaired) electrons. The second kappa shape index (κ2) is 9.42. The molecular weight excluding hydrogens is 468 g/mol. The van der Waals surface area contributed by atoms with Crippen LogP contribution in [0.5, 0.6) is 0 Å². The zero-order chi connectivity index (χ0) is 23.5. The van der Waals surface area contributed by atoms with E-state index in [-0.39, 0.29) is 24.3 Å². The molecule has 3 rings (SSSR count). The SMILES string of the molecule is C=C(Br)CC1(C(C)C)C(=O)NC(=O)N(C)C1=O.CN1C(=O)NC(c2ccccc2)C1=O. The lowest BCUT2D eigenvalue weighted by Crippen LogP contribution is -2.64. The number of carbonyl (C=O) groups is 5. The number of halogens is 1. The van der Waals surface area contributed by atoms with Crippen LogP contribution in [-0.4, -0.2) is 53.7 Å². The number of urea groups is 2. The molecule has 0 bridgehead atoms. The van der Waals surface area contributed by atoms with Gasteiger partial charge in [-0.15, -0.1) is 0 Å². The van der Waals surface area contributed by atoms with Gasteiger partial charge in [0, 0.05) is 20.5 Å². The van der Waals surface area contributed by atoms with Crippen LogP contribution < -0.4 is 10.6 Å². The van der Waals surface area contributed by atoms with Crippen LogP contribution in [-0.2, 0) is 14.4 Å². The minimum Gasteiger partial charge on any atom is -0.322 e. The van der Waals surface area contributed by atoms with Crippen LogP contribution >= 0.6 is 15.9 Å². The summed E-state index contributed by atoms with van der Waals surface area (Å²) < 4.78 is 0.553. The van der Waals surface area contributed by atoms with Gasteiger partial charge in [-0.25, -0.2) is 9.59 Å². The monoisotopic (exact) mass is 492 g/mol. The first-order chi connectivity index (χ1) is 14.4. The molecule has 0 aliphatic carbocycles. The number of nitrogens with one attached hydrogen (secondary N) is 2. The Hall–Kier alpha value is -3.01. The number of imide groups is 3. The van der Waals surface area contributed by atoms with Crippen molar-refractivity contribution in [3.05, 3.63) is 47.0 Å². The smallest absolute Gasteiger partial charge is 0.322 e. The van der Waals surface area contributed by atoms with Gasteiger partial charge in [0.1, 0.15) is 11.5 Å². The van der Waals surface area contributed by atoms with E-state index in [0.717, 1.165) is 15.4 Å². The van der Waals surface area contributed by atoms with E-state index in [0.29, 0.717) is 4.48 Å². The van der Waals surface area contributed by atoms with Gasteiger partial charge in [-0.05, 0) is 16.0 Å². The van der Waals surface area contributed by atoms with Crippen LogP contribution in [0.2, 0.25) is 0 Å². The number of nitrogens with zero attached hydrogens (tertiary/aromatic N) is 2. The number of benzene rings is 1. The van der Waals surface area contributed by atoms with Crippen molar-refractivity contribution >= 4 is 45.7 Å². The highest BCUT2D eigenvalue weighted by Gasteiger charge is 2.54. The number of hydrogen-bond acceptors (Lipinski definition) is 5. The van der Waals surface area contributed by atoms with Crippen molar-refractivity contribution < 1.29 is 24.0 Å². The van der Waals surface area contributed by atoms with E-state index < -0.39 is 29.3 Å². The summed E-state index contributed by atoms with van der Waals surface area (Å²) in [4.78, 5) is 60.4. The first-order valence-corrected chi connectivity index (χ1v) is 10.3. The number of barbiturate groups is 1. The Labute approximate surface area is 189 Å². The van der Waals surface area contributed by atoms with Crippen LogP contribution in [0.15, 0.2) is 41.4 Å². The third-order valence-electron chi connectivity index (χ3n) is 5.36. The molecule has 2 fully saturated rings. The molecule has 166 valence electrons. The Morgan fingerprint density at radius 1 is 1.06 bits per heavy atom. The number of hydrogen-bond donors (Lipinski definition) is 2. The van der Waals surface area contributed by atoms with Gasteiger partial charge < -0.3 is 5.32 Å². The molecule has 2 atom stereocenters. The van der Waals surface area contributed by atoms with E-state index in [4.69, 9.17) is 0 Å². The maximum Gasteiger partial charge on any atom is 0.330 e. The van der Waals surface area contributed by atoms with Crippen molar-refractivity contribution in [3.8, 4) is 0 Å². The molecule has 2 saturated heterocycles. The van der Waals surface area contributed by atoms with Crippen LogP contribution in [0.25, 0.3) is 0 Å². The Balaban J connectivity index is 0.000000224.